The minimum Gasteiger partial charge on any atom is -0.390 e. The van der Waals surface area contributed by atoms with E-state index in [0.717, 1.165) is 36.8 Å². The molecular formula is C20H34O3. The number of rotatable bonds is 1. The van der Waals surface area contributed by atoms with Crippen molar-refractivity contribution in [3.63, 3.8) is 0 Å². The molecule has 0 bridgehead atoms. The van der Waals surface area contributed by atoms with Crippen LogP contribution in [0.4, 0.5) is 0 Å². The van der Waals surface area contributed by atoms with Gasteiger partial charge in [0.25, 0.3) is 0 Å². The van der Waals surface area contributed by atoms with Gasteiger partial charge < -0.3 is 15.3 Å². The van der Waals surface area contributed by atoms with Crippen molar-refractivity contribution in [2.45, 2.75) is 83.5 Å². The van der Waals surface area contributed by atoms with Crippen LogP contribution in [0.3, 0.4) is 0 Å². The summed E-state index contributed by atoms with van der Waals surface area (Å²) in [6, 6.07) is 0. The van der Waals surface area contributed by atoms with Crippen molar-refractivity contribution in [1.82, 2.24) is 0 Å². The Morgan fingerprint density at radius 2 is 1.57 bits per heavy atom. The topological polar surface area (TPSA) is 60.7 Å². The van der Waals surface area contributed by atoms with E-state index in [-0.39, 0.29) is 11.3 Å². The molecule has 5 atom stereocenters. The second-order valence-corrected chi connectivity index (χ2v) is 8.69. The van der Waals surface area contributed by atoms with E-state index in [1.165, 1.54) is 0 Å². The molecular weight excluding hydrogens is 288 g/mol. The molecule has 0 radical (unpaired) electrons. The summed E-state index contributed by atoms with van der Waals surface area (Å²) in [6.07, 6.45) is 4.58. The number of aliphatic hydroxyl groups excluding tert-OH is 2. The van der Waals surface area contributed by atoms with Gasteiger partial charge in [-0.3, -0.25) is 0 Å². The van der Waals surface area contributed by atoms with Gasteiger partial charge in [-0.25, -0.2) is 0 Å². The summed E-state index contributed by atoms with van der Waals surface area (Å²) in [5.41, 5.74) is 0.969. The first-order chi connectivity index (χ1) is 10.5. The lowest BCUT2D eigenvalue weighted by atomic mass is 9.67. The van der Waals surface area contributed by atoms with E-state index in [2.05, 4.69) is 20.1 Å². The quantitative estimate of drug-likeness (QED) is 0.647. The van der Waals surface area contributed by atoms with E-state index in [9.17, 15) is 15.3 Å². The Hall–Kier alpha value is -0.640. The van der Waals surface area contributed by atoms with Crippen LogP contribution in [-0.2, 0) is 0 Å². The van der Waals surface area contributed by atoms with E-state index in [4.69, 9.17) is 0 Å². The monoisotopic (exact) mass is 322 g/mol. The first kappa shape index (κ1) is 18.7. The van der Waals surface area contributed by atoms with Crippen molar-refractivity contribution >= 4 is 0 Å². The lowest BCUT2D eigenvalue weighted by molar-refractivity contribution is -0.0227. The number of hydrogen-bond acceptors (Lipinski definition) is 3. The molecule has 132 valence electrons. The first-order valence-corrected chi connectivity index (χ1v) is 8.98. The van der Waals surface area contributed by atoms with E-state index in [0.29, 0.717) is 25.2 Å². The molecule has 0 aromatic heterocycles. The number of fused-ring (bicyclic) bond motifs is 1. The third-order valence-corrected chi connectivity index (χ3v) is 6.43. The molecule has 0 amide bonds. The average Bonchev–Trinajstić information content (AvgIpc) is 2.77. The molecule has 0 aromatic rings. The van der Waals surface area contributed by atoms with Crippen molar-refractivity contribution in [3.8, 4) is 0 Å². The molecule has 0 spiro atoms. The lowest BCUT2D eigenvalue weighted by Gasteiger charge is -2.40. The minimum absolute atomic E-state index is 0.00258. The highest BCUT2D eigenvalue weighted by Gasteiger charge is 2.50. The normalized spacial score (nSPS) is 40.6. The number of aliphatic hydroxyl groups is 3. The maximum atomic E-state index is 10.6. The van der Waals surface area contributed by atoms with Gasteiger partial charge in [-0.15, -0.1) is 0 Å². The minimum atomic E-state index is -0.718. The Morgan fingerprint density at radius 1 is 1.00 bits per heavy atom. The first-order valence-electron chi connectivity index (χ1n) is 8.98. The summed E-state index contributed by atoms with van der Waals surface area (Å²) in [6.45, 7) is 14.1. The van der Waals surface area contributed by atoms with Gasteiger partial charge >= 0.3 is 0 Å². The summed E-state index contributed by atoms with van der Waals surface area (Å²) >= 11 is 0. The van der Waals surface area contributed by atoms with Gasteiger partial charge in [0.2, 0.25) is 0 Å². The fraction of sp³-hybridized carbons (Fsp3) is 0.800. The van der Waals surface area contributed by atoms with Crippen LogP contribution in [0.15, 0.2) is 24.3 Å². The standard InChI is InChI=1S/C20H34O3/c1-13-6-8-16-15(19(3,4)23)10-11-20(16,5)12-18(22)14(2)7-9-17(13)21/h15-18,21-23H,1-2,6-12H2,3-5H3. The van der Waals surface area contributed by atoms with Gasteiger partial charge in [0.1, 0.15) is 0 Å². The second-order valence-electron chi connectivity index (χ2n) is 8.69. The SMILES string of the molecule is C=C1CCC2C(C(C)(C)O)CCC2(C)CC(O)C(=C)CCC1O. The summed E-state index contributed by atoms with van der Waals surface area (Å²) in [4.78, 5) is 0. The Labute approximate surface area is 141 Å². The fourth-order valence-electron chi connectivity index (χ4n) is 4.79. The predicted molar refractivity (Wildman–Crippen MR) is 94.0 cm³/mol. The van der Waals surface area contributed by atoms with Crippen LogP contribution in [0.2, 0.25) is 0 Å². The van der Waals surface area contributed by atoms with Crippen molar-refractivity contribution in [1.29, 1.82) is 0 Å². The third-order valence-electron chi connectivity index (χ3n) is 6.43. The largest absolute Gasteiger partial charge is 0.390 e. The maximum absolute atomic E-state index is 10.6. The highest BCUT2D eigenvalue weighted by atomic mass is 16.3. The molecule has 0 heterocycles. The molecule has 0 aromatic carbocycles. The highest BCUT2D eigenvalue weighted by Crippen LogP contribution is 2.55. The van der Waals surface area contributed by atoms with Gasteiger partial charge in [-0.2, -0.15) is 0 Å². The smallest absolute Gasteiger partial charge is 0.0752 e. The zero-order chi connectivity index (χ0) is 17.4. The van der Waals surface area contributed by atoms with Crippen molar-refractivity contribution < 1.29 is 15.3 Å². The Morgan fingerprint density at radius 3 is 2.17 bits per heavy atom. The zero-order valence-corrected chi connectivity index (χ0v) is 15.0. The summed E-state index contributed by atoms with van der Waals surface area (Å²) in [5, 5.41) is 31.4. The van der Waals surface area contributed by atoms with E-state index in [1.54, 1.807) is 0 Å². The van der Waals surface area contributed by atoms with Gasteiger partial charge in [0, 0.05) is 0 Å². The van der Waals surface area contributed by atoms with E-state index >= 15 is 0 Å². The van der Waals surface area contributed by atoms with Crippen LogP contribution in [0, 0.1) is 17.3 Å². The molecule has 3 N–H and O–H groups in total. The molecule has 2 aliphatic rings. The number of hydrogen-bond donors (Lipinski definition) is 3. The van der Waals surface area contributed by atoms with E-state index < -0.39 is 17.8 Å². The molecule has 2 fully saturated rings. The molecule has 2 aliphatic carbocycles. The second kappa shape index (κ2) is 6.70. The lowest BCUT2D eigenvalue weighted by Crippen LogP contribution is -2.38. The van der Waals surface area contributed by atoms with Gasteiger partial charge in [0.05, 0.1) is 17.8 Å². The summed E-state index contributed by atoms with van der Waals surface area (Å²) in [5.74, 6) is 0.547. The van der Waals surface area contributed by atoms with Gasteiger partial charge in [-0.1, -0.05) is 20.1 Å². The molecule has 0 saturated heterocycles. The highest BCUT2D eigenvalue weighted by molar-refractivity contribution is 5.11. The molecule has 3 nitrogen and oxygen atoms in total. The van der Waals surface area contributed by atoms with Crippen LogP contribution in [0.25, 0.3) is 0 Å². The zero-order valence-electron chi connectivity index (χ0n) is 15.0. The molecule has 2 rings (SSSR count). The molecule has 2 saturated carbocycles. The Balaban J connectivity index is 2.30. The van der Waals surface area contributed by atoms with Crippen molar-refractivity contribution in [2.75, 3.05) is 0 Å². The predicted octanol–water partition coefficient (Wildman–Crippen LogP) is 3.59. The molecule has 5 unspecified atom stereocenters. The van der Waals surface area contributed by atoms with Crippen LogP contribution in [0.5, 0.6) is 0 Å². The third kappa shape index (κ3) is 4.07. The van der Waals surface area contributed by atoms with Crippen LogP contribution >= 0.6 is 0 Å². The summed E-state index contributed by atoms with van der Waals surface area (Å²) in [7, 11) is 0. The Bertz CT molecular complexity index is 462. The fourth-order valence-corrected chi connectivity index (χ4v) is 4.79. The van der Waals surface area contributed by atoms with Crippen LogP contribution in [-0.4, -0.2) is 33.1 Å². The van der Waals surface area contributed by atoms with Crippen LogP contribution < -0.4 is 0 Å². The maximum Gasteiger partial charge on any atom is 0.0752 e. The van der Waals surface area contributed by atoms with E-state index in [1.807, 2.05) is 13.8 Å². The van der Waals surface area contributed by atoms with Crippen molar-refractivity contribution in [3.05, 3.63) is 24.3 Å². The summed E-state index contributed by atoms with van der Waals surface area (Å²) < 4.78 is 0. The molecule has 3 heteroatoms. The average molecular weight is 322 g/mol. The van der Waals surface area contributed by atoms with Crippen LogP contribution in [0.1, 0.15) is 65.7 Å². The van der Waals surface area contributed by atoms with Crippen molar-refractivity contribution in [2.24, 2.45) is 17.3 Å². The molecule has 23 heavy (non-hydrogen) atoms. The van der Waals surface area contributed by atoms with Gasteiger partial charge in [-0.05, 0) is 87.2 Å². The molecule has 0 aliphatic heterocycles. The van der Waals surface area contributed by atoms with Gasteiger partial charge in [0.15, 0.2) is 0 Å². The Kier molecular flexibility index (Phi) is 5.44.